The van der Waals surface area contributed by atoms with Crippen molar-refractivity contribution in [3.63, 3.8) is 0 Å². The van der Waals surface area contributed by atoms with Crippen molar-refractivity contribution < 1.29 is 22.7 Å². The number of carbonyl (C=O) groups excluding carboxylic acids is 1. The minimum absolute atomic E-state index is 0.104. The molecule has 0 radical (unpaired) electrons. The Morgan fingerprint density at radius 2 is 1.59 bits per heavy atom. The standard InChI is InChI=1S/C29H20N2O5S/c1-35-28(32)17-16-21-20-31(37(33,34)24-12-6-3-7-13-24)29-26(21)18-22(19-30-29)25-14-8-9-15-27(25)36-23-10-4-2-5-11-23/h2-15,18-20H,1H3. The van der Waals surface area contributed by atoms with Crippen LogP contribution in [0.3, 0.4) is 0 Å². The smallest absolute Gasteiger partial charge is 0.384 e. The highest BCUT2D eigenvalue weighted by molar-refractivity contribution is 7.90. The lowest BCUT2D eigenvalue weighted by atomic mass is 10.0. The first-order chi connectivity index (χ1) is 18.0. The van der Waals surface area contributed by atoms with Crippen molar-refractivity contribution in [2.75, 3.05) is 7.11 Å². The number of rotatable bonds is 5. The Morgan fingerprint density at radius 3 is 2.32 bits per heavy atom. The van der Waals surface area contributed by atoms with Gasteiger partial charge >= 0.3 is 5.97 Å². The predicted molar refractivity (Wildman–Crippen MR) is 140 cm³/mol. The highest BCUT2D eigenvalue weighted by atomic mass is 32.2. The predicted octanol–water partition coefficient (Wildman–Crippen LogP) is 5.26. The van der Waals surface area contributed by atoms with Crippen LogP contribution in [0.25, 0.3) is 22.2 Å². The Bertz CT molecular complexity index is 1770. The van der Waals surface area contributed by atoms with Gasteiger partial charge in [0.15, 0.2) is 5.65 Å². The molecule has 0 spiro atoms. The highest BCUT2D eigenvalue weighted by Crippen LogP contribution is 2.35. The summed E-state index contributed by atoms with van der Waals surface area (Å²) in [5, 5.41) is 0.461. The summed E-state index contributed by atoms with van der Waals surface area (Å²) in [5.74, 6) is 5.65. The molecule has 2 aromatic heterocycles. The Hall–Kier alpha value is -4.87. The van der Waals surface area contributed by atoms with Gasteiger partial charge < -0.3 is 9.47 Å². The van der Waals surface area contributed by atoms with Crippen molar-refractivity contribution in [3.05, 3.63) is 109 Å². The molecule has 37 heavy (non-hydrogen) atoms. The summed E-state index contributed by atoms with van der Waals surface area (Å²) in [4.78, 5) is 16.3. The second-order valence-corrected chi connectivity index (χ2v) is 9.72. The molecule has 0 N–H and O–H groups in total. The SMILES string of the molecule is COC(=O)C#Cc1cn(S(=O)(=O)c2ccccc2)c2ncc(-c3ccccc3Oc3ccccc3)cc12. The van der Waals surface area contributed by atoms with E-state index in [1.165, 1.54) is 25.4 Å². The number of pyridine rings is 1. The molecule has 0 aliphatic heterocycles. The van der Waals surface area contributed by atoms with Gasteiger partial charge in [0, 0.05) is 34.8 Å². The Labute approximate surface area is 214 Å². The molecule has 0 saturated heterocycles. The van der Waals surface area contributed by atoms with Gasteiger partial charge in [-0.3, -0.25) is 0 Å². The Morgan fingerprint density at radius 1 is 0.919 bits per heavy atom. The van der Waals surface area contributed by atoms with Gasteiger partial charge in [0.1, 0.15) is 11.5 Å². The van der Waals surface area contributed by atoms with Gasteiger partial charge in [-0.05, 0) is 36.4 Å². The summed E-state index contributed by atoms with van der Waals surface area (Å²) < 4.78 is 38.7. The third-order valence-electron chi connectivity index (χ3n) is 5.57. The number of nitrogens with zero attached hydrogens (tertiary/aromatic N) is 2. The van der Waals surface area contributed by atoms with Crippen LogP contribution >= 0.6 is 0 Å². The monoisotopic (exact) mass is 508 g/mol. The van der Waals surface area contributed by atoms with Gasteiger partial charge in [0.2, 0.25) is 0 Å². The van der Waals surface area contributed by atoms with Crippen molar-refractivity contribution in [2.45, 2.75) is 4.90 Å². The largest absolute Gasteiger partial charge is 0.459 e. The van der Waals surface area contributed by atoms with Crippen LogP contribution < -0.4 is 4.74 Å². The normalized spacial score (nSPS) is 10.9. The van der Waals surface area contributed by atoms with E-state index in [-0.39, 0.29) is 10.5 Å². The molecule has 2 heterocycles. The molecule has 5 aromatic rings. The molecule has 0 aliphatic carbocycles. The fourth-order valence-corrected chi connectivity index (χ4v) is 5.14. The first kappa shape index (κ1) is 23.9. The minimum atomic E-state index is -3.97. The third kappa shape index (κ3) is 4.81. The van der Waals surface area contributed by atoms with Crippen molar-refractivity contribution in [1.29, 1.82) is 0 Å². The van der Waals surface area contributed by atoms with E-state index >= 15 is 0 Å². The number of methoxy groups -OCH3 is 1. The molecular weight excluding hydrogens is 488 g/mol. The summed E-state index contributed by atoms with van der Waals surface area (Å²) in [6.45, 7) is 0. The molecule has 3 aromatic carbocycles. The summed E-state index contributed by atoms with van der Waals surface area (Å²) in [6.07, 6.45) is 2.95. The van der Waals surface area contributed by atoms with Crippen LogP contribution in [0.1, 0.15) is 5.56 Å². The van der Waals surface area contributed by atoms with Gasteiger partial charge in [-0.25, -0.2) is 22.2 Å². The van der Waals surface area contributed by atoms with Gasteiger partial charge in [0.05, 0.1) is 17.6 Å². The molecule has 5 rings (SSSR count). The third-order valence-corrected chi connectivity index (χ3v) is 7.23. The molecular formula is C29H20N2O5S. The molecule has 0 saturated carbocycles. The van der Waals surface area contributed by atoms with Crippen LogP contribution in [0.5, 0.6) is 11.5 Å². The van der Waals surface area contributed by atoms with Crippen LogP contribution in [0.2, 0.25) is 0 Å². The molecule has 0 unspecified atom stereocenters. The Balaban J connectivity index is 1.68. The number of ether oxygens (including phenoxy) is 2. The topological polar surface area (TPSA) is 87.5 Å². The second kappa shape index (κ2) is 10.0. The zero-order valence-corrected chi connectivity index (χ0v) is 20.5. The number of aromatic nitrogens is 2. The van der Waals surface area contributed by atoms with E-state index < -0.39 is 16.0 Å². The van der Waals surface area contributed by atoms with E-state index in [9.17, 15) is 13.2 Å². The van der Waals surface area contributed by atoms with Crippen LogP contribution in [0.15, 0.2) is 108 Å². The number of esters is 1. The number of benzene rings is 3. The lowest BCUT2D eigenvalue weighted by Gasteiger charge is -2.12. The number of hydrogen-bond donors (Lipinski definition) is 0. The molecule has 0 amide bonds. The van der Waals surface area contributed by atoms with Gasteiger partial charge in [0.25, 0.3) is 10.0 Å². The van der Waals surface area contributed by atoms with Crippen LogP contribution in [0, 0.1) is 11.8 Å². The van der Waals surface area contributed by atoms with Crippen molar-refractivity contribution in [2.24, 2.45) is 0 Å². The van der Waals surface area contributed by atoms with Crippen molar-refractivity contribution in [1.82, 2.24) is 8.96 Å². The molecule has 8 heteroatoms. The van der Waals surface area contributed by atoms with Gasteiger partial charge in [-0.15, -0.1) is 0 Å². The molecule has 0 fully saturated rings. The lowest BCUT2D eigenvalue weighted by molar-refractivity contribution is -0.133. The fraction of sp³-hybridized carbons (Fsp3) is 0.0345. The first-order valence-electron chi connectivity index (χ1n) is 11.2. The summed E-state index contributed by atoms with van der Waals surface area (Å²) in [7, 11) is -2.74. The molecule has 0 aliphatic rings. The van der Waals surface area contributed by atoms with E-state index in [0.29, 0.717) is 28.0 Å². The average Bonchev–Trinajstić information content (AvgIpc) is 3.32. The molecule has 7 nitrogen and oxygen atoms in total. The second-order valence-electron chi connectivity index (χ2n) is 7.90. The van der Waals surface area contributed by atoms with Crippen LogP contribution in [-0.2, 0) is 19.6 Å². The zero-order chi connectivity index (χ0) is 25.8. The molecule has 0 bridgehead atoms. The van der Waals surface area contributed by atoms with Gasteiger partial charge in [-0.1, -0.05) is 60.5 Å². The maximum Gasteiger partial charge on any atom is 0.384 e. The summed E-state index contributed by atoms with van der Waals surface area (Å²) in [5.41, 5.74) is 1.94. The maximum atomic E-state index is 13.4. The first-order valence-corrected chi connectivity index (χ1v) is 12.7. The number of hydrogen-bond acceptors (Lipinski definition) is 6. The Kier molecular flexibility index (Phi) is 6.45. The number of carbonyl (C=O) groups is 1. The minimum Gasteiger partial charge on any atom is -0.459 e. The maximum absolute atomic E-state index is 13.4. The van der Waals surface area contributed by atoms with Crippen LogP contribution in [0.4, 0.5) is 0 Å². The van der Waals surface area contributed by atoms with E-state index in [1.807, 2.05) is 54.6 Å². The van der Waals surface area contributed by atoms with Crippen molar-refractivity contribution in [3.8, 4) is 34.5 Å². The van der Waals surface area contributed by atoms with E-state index in [4.69, 9.17) is 4.74 Å². The van der Waals surface area contributed by atoms with E-state index in [2.05, 4.69) is 21.6 Å². The van der Waals surface area contributed by atoms with Gasteiger partial charge in [-0.2, -0.15) is 0 Å². The molecule has 182 valence electrons. The zero-order valence-electron chi connectivity index (χ0n) is 19.7. The fourth-order valence-electron chi connectivity index (χ4n) is 3.79. The number of para-hydroxylation sites is 2. The summed E-state index contributed by atoms with van der Waals surface area (Å²) >= 11 is 0. The van der Waals surface area contributed by atoms with E-state index in [0.717, 1.165) is 9.54 Å². The van der Waals surface area contributed by atoms with Crippen LogP contribution in [-0.4, -0.2) is 30.5 Å². The number of fused-ring (bicyclic) bond motifs is 1. The summed E-state index contributed by atoms with van der Waals surface area (Å²) in [6, 6.07) is 26.7. The van der Waals surface area contributed by atoms with Crippen molar-refractivity contribution >= 4 is 27.0 Å². The highest BCUT2D eigenvalue weighted by Gasteiger charge is 2.22. The van der Waals surface area contributed by atoms with E-state index in [1.54, 1.807) is 30.5 Å². The average molecular weight is 509 g/mol. The lowest BCUT2D eigenvalue weighted by Crippen LogP contribution is -2.12. The quantitative estimate of drug-likeness (QED) is 0.238. The molecule has 0 atom stereocenters.